The largest absolute Gasteiger partial charge is 0.481 e. The molecule has 1 N–H and O–H groups in total. The molecule has 24 heavy (non-hydrogen) atoms. The molecule has 8 heteroatoms. The van der Waals surface area contributed by atoms with Gasteiger partial charge in [0.1, 0.15) is 0 Å². The van der Waals surface area contributed by atoms with Crippen molar-refractivity contribution in [2.75, 3.05) is 18.0 Å². The van der Waals surface area contributed by atoms with E-state index in [9.17, 15) is 14.9 Å². The Morgan fingerprint density at radius 1 is 1.29 bits per heavy atom. The van der Waals surface area contributed by atoms with Crippen LogP contribution in [0.2, 0.25) is 0 Å². The predicted octanol–water partition coefficient (Wildman–Crippen LogP) is 2.35. The van der Waals surface area contributed by atoms with E-state index in [1.54, 1.807) is 24.3 Å². The highest BCUT2D eigenvalue weighted by Crippen LogP contribution is 2.25. The number of nitro groups is 1. The third-order valence-corrected chi connectivity index (χ3v) is 4.10. The van der Waals surface area contributed by atoms with E-state index in [-0.39, 0.29) is 5.69 Å². The highest BCUT2D eigenvalue weighted by atomic mass is 16.6. The first kappa shape index (κ1) is 15.9. The van der Waals surface area contributed by atoms with Gasteiger partial charge in [-0.1, -0.05) is 12.1 Å². The van der Waals surface area contributed by atoms with E-state index in [1.165, 1.54) is 12.1 Å². The van der Waals surface area contributed by atoms with Gasteiger partial charge in [0.15, 0.2) is 5.82 Å². The van der Waals surface area contributed by atoms with E-state index in [1.807, 2.05) is 4.90 Å². The normalized spacial score (nSPS) is 17.5. The van der Waals surface area contributed by atoms with Crippen molar-refractivity contribution in [1.29, 1.82) is 0 Å². The van der Waals surface area contributed by atoms with Crippen LogP contribution in [0.4, 0.5) is 11.5 Å². The Morgan fingerprint density at radius 2 is 2.12 bits per heavy atom. The van der Waals surface area contributed by atoms with Crippen LogP contribution in [0, 0.1) is 16.0 Å². The molecule has 124 valence electrons. The molecule has 0 radical (unpaired) electrons. The summed E-state index contributed by atoms with van der Waals surface area (Å²) in [5.74, 6) is -0.562. The minimum absolute atomic E-state index is 0.00120. The average Bonchev–Trinajstić information content (AvgIpc) is 2.62. The van der Waals surface area contributed by atoms with Crippen molar-refractivity contribution in [2.45, 2.75) is 12.8 Å². The van der Waals surface area contributed by atoms with Crippen LogP contribution in [0.5, 0.6) is 0 Å². The summed E-state index contributed by atoms with van der Waals surface area (Å²) in [4.78, 5) is 23.4. The first-order chi connectivity index (χ1) is 11.5. The number of benzene rings is 1. The summed E-state index contributed by atoms with van der Waals surface area (Å²) in [6, 6.07) is 9.72. The quantitative estimate of drug-likeness (QED) is 0.677. The zero-order valence-corrected chi connectivity index (χ0v) is 12.8. The van der Waals surface area contributed by atoms with Crippen molar-refractivity contribution >= 4 is 17.5 Å². The lowest BCUT2D eigenvalue weighted by atomic mass is 9.98. The topological polar surface area (TPSA) is 109 Å². The van der Waals surface area contributed by atoms with Gasteiger partial charge in [-0.2, -0.15) is 0 Å². The molecular formula is C16H16N4O4. The number of aliphatic carboxylic acids is 1. The summed E-state index contributed by atoms with van der Waals surface area (Å²) < 4.78 is 0. The van der Waals surface area contributed by atoms with E-state index in [2.05, 4.69) is 10.2 Å². The Bertz CT molecular complexity index is 763. The lowest BCUT2D eigenvalue weighted by Crippen LogP contribution is -2.39. The van der Waals surface area contributed by atoms with Crippen molar-refractivity contribution in [1.82, 2.24) is 10.2 Å². The molecule has 2 aromatic rings. The molecule has 2 heterocycles. The zero-order chi connectivity index (χ0) is 17.1. The fraction of sp³-hybridized carbons (Fsp3) is 0.312. The second-order valence-electron chi connectivity index (χ2n) is 5.71. The molecule has 1 saturated heterocycles. The summed E-state index contributed by atoms with van der Waals surface area (Å²) in [7, 11) is 0. The molecule has 1 unspecified atom stereocenters. The Morgan fingerprint density at radius 3 is 2.79 bits per heavy atom. The van der Waals surface area contributed by atoms with Crippen LogP contribution in [-0.4, -0.2) is 39.3 Å². The minimum atomic E-state index is -0.791. The number of non-ortho nitro benzene ring substituents is 1. The molecule has 0 saturated carbocycles. The van der Waals surface area contributed by atoms with Crippen molar-refractivity contribution in [3.63, 3.8) is 0 Å². The fourth-order valence-corrected chi connectivity index (χ4v) is 2.81. The molecule has 0 amide bonds. The first-order valence-corrected chi connectivity index (χ1v) is 7.61. The second-order valence-corrected chi connectivity index (χ2v) is 5.71. The number of carboxylic acid groups (broad SMARTS) is 1. The van der Waals surface area contributed by atoms with Crippen molar-refractivity contribution in [3.8, 4) is 11.3 Å². The van der Waals surface area contributed by atoms with Crippen molar-refractivity contribution < 1.29 is 14.8 Å². The highest BCUT2D eigenvalue weighted by Gasteiger charge is 2.26. The van der Waals surface area contributed by atoms with Crippen LogP contribution < -0.4 is 4.90 Å². The number of nitrogens with zero attached hydrogens (tertiary/aromatic N) is 4. The predicted molar refractivity (Wildman–Crippen MR) is 86.7 cm³/mol. The molecule has 8 nitrogen and oxygen atoms in total. The Labute approximate surface area is 137 Å². The number of nitro benzene ring substituents is 1. The summed E-state index contributed by atoms with van der Waals surface area (Å²) in [5, 5.41) is 28.3. The Balaban J connectivity index is 1.79. The van der Waals surface area contributed by atoms with E-state index in [0.29, 0.717) is 30.0 Å². The van der Waals surface area contributed by atoms with Crippen molar-refractivity contribution in [3.05, 3.63) is 46.5 Å². The number of anilines is 1. The SMILES string of the molecule is O=C(O)C1CCCN(c2ccc(-c3cccc([N+](=O)[O-])c3)nn2)C1. The Hall–Kier alpha value is -3.03. The van der Waals surface area contributed by atoms with Gasteiger partial charge >= 0.3 is 5.97 Å². The van der Waals surface area contributed by atoms with E-state index in [4.69, 9.17) is 5.11 Å². The van der Waals surface area contributed by atoms with Crippen LogP contribution in [0.15, 0.2) is 36.4 Å². The number of aromatic nitrogens is 2. The smallest absolute Gasteiger partial charge is 0.308 e. The molecule has 1 fully saturated rings. The van der Waals surface area contributed by atoms with Gasteiger partial charge in [-0.3, -0.25) is 14.9 Å². The van der Waals surface area contributed by atoms with Gasteiger partial charge in [0, 0.05) is 30.8 Å². The maximum atomic E-state index is 11.1. The lowest BCUT2D eigenvalue weighted by Gasteiger charge is -2.31. The van der Waals surface area contributed by atoms with Gasteiger partial charge in [0.05, 0.1) is 16.5 Å². The molecule has 1 aliphatic heterocycles. The number of piperidine rings is 1. The standard InChI is InChI=1S/C16H16N4O4/c21-16(22)12-4-2-8-19(10-12)15-7-6-14(17-18-15)11-3-1-5-13(9-11)20(23)24/h1,3,5-7,9,12H,2,4,8,10H2,(H,21,22). The average molecular weight is 328 g/mol. The highest BCUT2D eigenvalue weighted by molar-refractivity contribution is 5.71. The number of hydrogen-bond acceptors (Lipinski definition) is 6. The van der Waals surface area contributed by atoms with E-state index in [0.717, 1.165) is 13.0 Å². The Kier molecular flexibility index (Phi) is 4.37. The van der Waals surface area contributed by atoms with Crippen LogP contribution in [-0.2, 0) is 4.79 Å². The van der Waals surface area contributed by atoms with Gasteiger partial charge in [0.2, 0.25) is 0 Å². The summed E-state index contributed by atoms with van der Waals surface area (Å²) in [6.45, 7) is 1.16. The van der Waals surface area contributed by atoms with Gasteiger partial charge in [-0.25, -0.2) is 0 Å². The number of hydrogen-bond donors (Lipinski definition) is 1. The van der Waals surface area contributed by atoms with E-state index < -0.39 is 16.8 Å². The fourth-order valence-electron chi connectivity index (χ4n) is 2.81. The first-order valence-electron chi connectivity index (χ1n) is 7.61. The number of carboxylic acids is 1. The molecule has 1 aromatic heterocycles. The van der Waals surface area contributed by atoms with Gasteiger partial charge in [0.25, 0.3) is 5.69 Å². The molecule has 0 bridgehead atoms. The van der Waals surface area contributed by atoms with Gasteiger partial charge < -0.3 is 10.0 Å². The molecule has 1 aliphatic rings. The molecule has 1 aromatic carbocycles. The summed E-state index contributed by atoms with van der Waals surface area (Å²) in [6.07, 6.45) is 1.47. The minimum Gasteiger partial charge on any atom is -0.481 e. The third-order valence-electron chi connectivity index (χ3n) is 4.10. The van der Waals surface area contributed by atoms with Gasteiger partial charge in [-0.15, -0.1) is 10.2 Å². The van der Waals surface area contributed by atoms with Crippen molar-refractivity contribution in [2.24, 2.45) is 5.92 Å². The molecule has 1 atom stereocenters. The summed E-state index contributed by atoms with van der Waals surface area (Å²) >= 11 is 0. The maximum absolute atomic E-state index is 11.1. The van der Waals surface area contributed by atoms with E-state index >= 15 is 0 Å². The number of rotatable bonds is 4. The third kappa shape index (κ3) is 3.32. The molecular weight excluding hydrogens is 312 g/mol. The maximum Gasteiger partial charge on any atom is 0.308 e. The monoisotopic (exact) mass is 328 g/mol. The zero-order valence-electron chi connectivity index (χ0n) is 12.8. The van der Waals surface area contributed by atoms with Crippen LogP contribution in [0.25, 0.3) is 11.3 Å². The molecule has 0 aliphatic carbocycles. The molecule has 3 rings (SSSR count). The second kappa shape index (κ2) is 6.61. The van der Waals surface area contributed by atoms with Crippen LogP contribution in [0.1, 0.15) is 12.8 Å². The van der Waals surface area contributed by atoms with Crippen LogP contribution >= 0.6 is 0 Å². The van der Waals surface area contributed by atoms with Gasteiger partial charge in [-0.05, 0) is 25.0 Å². The molecule has 0 spiro atoms. The van der Waals surface area contributed by atoms with Crippen LogP contribution in [0.3, 0.4) is 0 Å². The number of carbonyl (C=O) groups is 1. The summed E-state index contributed by atoms with van der Waals surface area (Å²) in [5.41, 5.74) is 1.15. The lowest BCUT2D eigenvalue weighted by molar-refractivity contribution is -0.384.